The van der Waals surface area contributed by atoms with Gasteiger partial charge in [0.2, 0.25) is 0 Å². The Labute approximate surface area is 145 Å². The van der Waals surface area contributed by atoms with Crippen LogP contribution >= 0.6 is 11.6 Å². The van der Waals surface area contributed by atoms with Crippen LogP contribution in [0, 0.1) is 13.8 Å². The number of anilines is 5. The van der Waals surface area contributed by atoms with E-state index in [0.717, 1.165) is 16.8 Å². The maximum Gasteiger partial charge on any atom is 0.160 e. The van der Waals surface area contributed by atoms with Crippen LogP contribution in [-0.4, -0.2) is 15.0 Å². The zero-order chi connectivity index (χ0) is 17.1. The van der Waals surface area contributed by atoms with Crippen molar-refractivity contribution >= 4 is 40.4 Å². The standard InChI is InChI=1S/C17H17ClN6/c1-10-5-6-20-14(7-10)24-17-15(19)16(21-9-22-17)23-13-8-12(18)4-3-11(13)2/h3-9H,19H2,1-2H3,(H2,20,21,22,23,24). The number of hydrogen-bond acceptors (Lipinski definition) is 6. The molecule has 6 nitrogen and oxygen atoms in total. The summed E-state index contributed by atoms with van der Waals surface area (Å²) < 4.78 is 0. The van der Waals surface area contributed by atoms with Gasteiger partial charge in [-0.15, -0.1) is 0 Å². The topological polar surface area (TPSA) is 88.8 Å². The lowest BCUT2D eigenvalue weighted by molar-refractivity contribution is 1.16. The van der Waals surface area contributed by atoms with Crippen LogP contribution < -0.4 is 16.4 Å². The first-order valence-corrected chi connectivity index (χ1v) is 7.74. The third-order valence-electron chi connectivity index (χ3n) is 3.50. The number of halogens is 1. The monoisotopic (exact) mass is 340 g/mol. The number of nitrogens with one attached hydrogen (secondary N) is 2. The molecule has 2 aromatic heterocycles. The fraction of sp³-hybridized carbons (Fsp3) is 0.118. The van der Waals surface area contributed by atoms with Crippen molar-refractivity contribution in [3.8, 4) is 0 Å². The molecular formula is C17H17ClN6. The Hall–Kier alpha value is -2.86. The second kappa shape index (κ2) is 6.72. The van der Waals surface area contributed by atoms with Crippen molar-refractivity contribution < 1.29 is 0 Å². The van der Waals surface area contributed by atoms with Crippen molar-refractivity contribution in [1.82, 2.24) is 15.0 Å². The smallest absolute Gasteiger partial charge is 0.160 e. The van der Waals surface area contributed by atoms with Crippen molar-refractivity contribution in [1.29, 1.82) is 0 Å². The normalized spacial score (nSPS) is 10.5. The SMILES string of the molecule is Cc1ccnc(Nc2ncnc(Nc3cc(Cl)ccc3C)c2N)c1. The summed E-state index contributed by atoms with van der Waals surface area (Å²) in [5.74, 6) is 1.67. The van der Waals surface area contributed by atoms with Gasteiger partial charge in [0.05, 0.1) is 0 Å². The van der Waals surface area contributed by atoms with Gasteiger partial charge in [0.15, 0.2) is 11.6 Å². The molecule has 3 rings (SSSR count). The Bertz CT molecular complexity index is 881. The number of rotatable bonds is 4. The van der Waals surface area contributed by atoms with E-state index in [4.69, 9.17) is 17.3 Å². The molecule has 0 aliphatic heterocycles. The largest absolute Gasteiger partial charge is 0.393 e. The number of nitrogens with zero attached hydrogens (tertiary/aromatic N) is 3. The van der Waals surface area contributed by atoms with Gasteiger partial charge in [-0.2, -0.15) is 0 Å². The van der Waals surface area contributed by atoms with E-state index in [-0.39, 0.29) is 0 Å². The highest BCUT2D eigenvalue weighted by atomic mass is 35.5. The summed E-state index contributed by atoms with van der Waals surface area (Å²) in [7, 11) is 0. The lowest BCUT2D eigenvalue weighted by Crippen LogP contribution is -2.06. The van der Waals surface area contributed by atoms with E-state index in [1.807, 2.05) is 44.2 Å². The molecule has 0 unspecified atom stereocenters. The van der Waals surface area contributed by atoms with Gasteiger partial charge in [-0.05, 0) is 49.2 Å². The highest BCUT2D eigenvalue weighted by Gasteiger charge is 2.10. The molecule has 2 heterocycles. The molecule has 0 fully saturated rings. The summed E-state index contributed by atoms with van der Waals surface area (Å²) in [6.07, 6.45) is 3.17. The maximum atomic E-state index is 6.19. The maximum absolute atomic E-state index is 6.19. The molecule has 0 aliphatic carbocycles. The van der Waals surface area contributed by atoms with E-state index >= 15 is 0 Å². The van der Waals surface area contributed by atoms with Crippen LogP contribution in [0.4, 0.5) is 28.8 Å². The van der Waals surface area contributed by atoms with Gasteiger partial charge in [0.1, 0.15) is 17.8 Å². The molecule has 0 saturated heterocycles. The summed E-state index contributed by atoms with van der Waals surface area (Å²) in [5.41, 5.74) is 9.56. The van der Waals surface area contributed by atoms with Crippen LogP contribution in [0.15, 0.2) is 42.9 Å². The second-order valence-corrected chi connectivity index (χ2v) is 5.85. The van der Waals surface area contributed by atoms with Crippen LogP contribution in [0.1, 0.15) is 11.1 Å². The van der Waals surface area contributed by atoms with Gasteiger partial charge in [-0.3, -0.25) is 0 Å². The predicted molar refractivity (Wildman–Crippen MR) is 98.2 cm³/mol. The summed E-state index contributed by atoms with van der Waals surface area (Å²) >= 11 is 6.05. The molecule has 3 aromatic rings. The molecule has 122 valence electrons. The first-order chi connectivity index (χ1) is 11.5. The third kappa shape index (κ3) is 3.55. The Balaban J connectivity index is 1.89. The van der Waals surface area contributed by atoms with E-state index in [0.29, 0.717) is 28.2 Å². The Morgan fingerprint density at radius 3 is 2.46 bits per heavy atom. The van der Waals surface area contributed by atoms with Crippen molar-refractivity contribution in [2.24, 2.45) is 0 Å². The number of hydrogen-bond donors (Lipinski definition) is 3. The van der Waals surface area contributed by atoms with Crippen LogP contribution in [0.2, 0.25) is 5.02 Å². The summed E-state index contributed by atoms with van der Waals surface area (Å²) in [4.78, 5) is 12.7. The summed E-state index contributed by atoms with van der Waals surface area (Å²) in [5, 5.41) is 6.95. The number of nitrogen functional groups attached to an aromatic ring is 1. The van der Waals surface area contributed by atoms with Gasteiger partial charge in [-0.25, -0.2) is 15.0 Å². The van der Waals surface area contributed by atoms with Crippen LogP contribution in [0.3, 0.4) is 0 Å². The van der Waals surface area contributed by atoms with E-state index in [1.165, 1.54) is 6.33 Å². The summed E-state index contributed by atoms with van der Waals surface area (Å²) in [6, 6.07) is 9.42. The molecule has 0 spiro atoms. The summed E-state index contributed by atoms with van der Waals surface area (Å²) in [6.45, 7) is 3.97. The minimum Gasteiger partial charge on any atom is -0.393 e. The lowest BCUT2D eigenvalue weighted by Gasteiger charge is -2.14. The third-order valence-corrected chi connectivity index (χ3v) is 3.73. The molecule has 0 saturated carbocycles. The fourth-order valence-corrected chi connectivity index (χ4v) is 2.35. The molecule has 0 bridgehead atoms. The molecule has 24 heavy (non-hydrogen) atoms. The highest BCUT2D eigenvalue weighted by Crippen LogP contribution is 2.30. The minimum atomic E-state index is 0.403. The zero-order valence-electron chi connectivity index (χ0n) is 13.3. The Morgan fingerprint density at radius 1 is 0.958 bits per heavy atom. The molecule has 1 aromatic carbocycles. The van der Waals surface area contributed by atoms with Crippen molar-refractivity contribution in [3.05, 3.63) is 59.0 Å². The average Bonchev–Trinajstić information content (AvgIpc) is 2.55. The zero-order valence-corrected chi connectivity index (χ0v) is 14.1. The van der Waals surface area contributed by atoms with Gasteiger partial charge in [-0.1, -0.05) is 17.7 Å². The Morgan fingerprint density at radius 2 is 1.71 bits per heavy atom. The second-order valence-electron chi connectivity index (χ2n) is 5.41. The first kappa shape index (κ1) is 16.0. The van der Waals surface area contributed by atoms with Gasteiger partial charge in [0, 0.05) is 16.9 Å². The van der Waals surface area contributed by atoms with Crippen LogP contribution in [-0.2, 0) is 0 Å². The average molecular weight is 341 g/mol. The van der Waals surface area contributed by atoms with Gasteiger partial charge >= 0.3 is 0 Å². The molecule has 7 heteroatoms. The van der Waals surface area contributed by atoms with E-state index in [9.17, 15) is 0 Å². The molecule has 0 aliphatic rings. The van der Waals surface area contributed by atoms with Crippen molar-refractivity contribution in [2.45, 2.75) is 13.8 Å². The first-order valence-electron chi connectivity index (χ1n) is 7.36. The number of pyridine rings is 1. The van der Waals surface area contributed by atoms with E-state index in [1.54, 1.807) is 6.20 Å². The lowest BCUT2D eigenvalue weighted by atomic mass is 10.2. The van der Waals surface area contributed by atoms with Crippen molar-refractivity contribution in [2.75, 3.05) is 16.4 Å². The van der Waals surface area contributed by atoms with Crippen LogP contribution in [0.5, 0.6) is 0 Å². The van der Waals surface area contributed by atoms with Crippen molar-refractivity contribution in [3.63, 3.8) is 0 Å². The molecule has 0 radical (unpaired) electrons. The van der Waals surface area contributed by atoms with E-state index in [2.05, 4.69) is 25.6 Å². The van der Waals surface area contributed by atoms with Gasteiger partial charge in [0.25, 0.3) is 0 Å². The van der Waals surface area contributed by atoms with Crippen LogP contribution in [0.25, 0.3) is 0 Å². The van der Waals surface area contributed by atoms with E-state index < -0.39 is 0 Å². The highest BCUT2D eigenvalue weighted by molar-refractivity contribution is 6.30. The quantitative estimate of drug-likeness (QED) is 0.659. The minimum absolute atomic E-state index is 0.403. The molecule has 0 amide bonds. The number of aromatic nitrogens is 3. The predicted octanol–water partition coefficient (Wildman–Crippen LogP) is 4.21. The molecular weight excluding hydrogens is 324 g/mol. The fourth-order valence-electron chi connectivity index (χ4n) is 2.18. The van der Waals surface area contributed by atoms with Gasteiger partial charge < -0.3 is 16.4 Å². The molecule has 4 N–H and O–H groups in total. The Kier molecular flexibility index (Phi) is 4.48. The molecule has 0 atom stereocenters. The number of aryl methyl sites for hydroxylation is 2. The number of nitrogens with two attached hydrogens (primary N) is 1. The number of benzene rings is 1.